The van der Waals surface area contributed by atoms with E-state index in [1.54, 1.807) is 30.3 Å². The molecule has 0 bridgehead atoms. The van der Waals surface area contributed by atoms with Crippen molar-refractivity contribution >= 4 is 35.0 Å². The molecule has 144 valence electrons. The van der Waals surface area contributed by atoms with Crippen molar-refractivity contribution in [2.24, 2.45) is 0 Å². The van der Waals surface area contributed by atoms with Crippen LogP contribution in [0, 0.1) is 11.3 Å². The average molecular weight is 376 g/mol. The highest BCUT2D eigenvalue weighted by molar-refractivity contribution is 6.09. The quantitative estimate of drug-likeness (QED) is 0.564. The fraction of sp³-hybridized carbons (Fsp3) is 0.227. The molecule has 6 nitrogen and oxygen atoms in total. The number of nitrogens with one attached hydrogen (secondary N) is 2. The van der Waals surface area contributed by atoms with Gasteiger partial charge in [0.25, 0.3) is 5.91 Å². The lowest BCUT2D eigenvalue weighted by Crippen LogP contribution is -2.21. The smallest absolute Gasteiger partial charge is 0.266 e. The number of benzene rings is 2. The van der Waals surface area contributed by atoms with Crippen LogP contribution in [0.2, 0.25) is 0 Å². The average Bonchev–Trinajstić information content (AvgIpc) is 2.69. The number of hydrogen-bond acceptors (Lipinski definition) is 4. The molecule has 2 aromatic carbocycles. The summed E-state index contributed by atoms with van der Waals surface area (Å²) in [7, 11) is 0. The molecular weight excluding hydrogens is 352 g/mol. The van der Waals surface area contributed by atoms with Crippen LogP contribution in [0.3, 0.4) is 0 Å². The Kier molecular flexibility index (Phi) is 7.35. The lowest BCUT2D eigenvalue weighted by Gasteiger charge is -2.20. The summed E-state index contributed by atoms with van der Waals surface area (Å²) in [5.74, 6) is -0.652. The first-order valence-electron chi connectivity index (χ1n) is 9.12. The van der Waals surface area contributed by atoms with E-state index in [4.69, 9.17) is 0 Å². The van der Waals surface area contributed by atoms with Gasteiger partial charge in [-0.2, -0.15) is 5.26 Å². The van der Waals surface area contributed by atoms with E-state index in [1.165, 1.54) is 6.92 Å². The van der Waals surface area contributed by atoms with Gasteiger partial charge < -0.3 is 15.5 Å². The lowest BCUT2D eigenvalue weighted by atomic mass is 10.1. The fourth-order valence-corrected chi connectivity index (χ4v) is 2.72. The molecule has 0 aromatic heterocycles. The van der Waals surface area contributed by atoms with E-state index in [0.717, 1.165) is 24.3 Å². The van der Waals surface area contributed by atoms with Gasteiger partial charge in [-0.05, 0) is 61.9 Å². The highest BCUT2D eigenvalue weighted by Crippen LogP contribution is 2.18. The summed E-state index contributed by atoms with van der Waals surface area (Å²) >= 11 is 0. The first-order valence-corrected chi connectivity index (χ1v) is 9.12. The standard InChI is InChI=1S/C22H24N4O2/c1-4-26(5-2)21-12-6-17(7-13-21)14-18(15-23)22(28)25-20-10-8-19(9-11-20)24-16(3)27/h6-14H,4-5H2,1-3H3,(H,24,27)(H,25,28)/b18-14+. The Morgan fingerprint density at radius 1 is 0.964 bits per heavy atom. The largest absolute Gasteiger partial charge is 0.372 e. The summed E-state index contributed by atoms with van der Waals surface area (Å²) in [6, 6.07) is 16.4. The minimum Gasteiger partial charge on any atom is -0.372 e. The van der Waals surface area contributed by atoms with Gasteiger partial charge in [0.05, 0.1) is 0 Å². The van der Waals surface area contributed by atoms with Crippen molar-refractivity contribution in [2.75, 3.05) is 28.6 Å². The molecule has 0 aliphatic rings. The molecule has 2 rings (SSSR count). The highest BCUT2D eigenvalue weighted by Gasteiger charge is 2.10. The first-order chi connectivity index (χ1) is 13.5. The van der Waals surface area contributed by atoms with E-state index in [1.807, 2.05) is 30.3 Å². The number of nitrogens with zero attached hydrogens (tertiary/aromatic N) is 2. The second kappa shape index (κ2) is 9.93. The Labute approximate surface area is 165 Å². The minimum absolute atomic E-state index is 0.0153. The van der Waals surface area contributed by atoms with Crippen LogP contribution in [0.5, 0.6) is 0 Å². The van der Waals surface area contributed by atoms with Crippen molar-refractivity contribution in [3.63, 3.8) is 0 Å². The van der Waals surface area contributed by atoms with Crippen LogP contribution in [0.25, 0.3) is 6.08 Å². The third-order valence-corrected chi connectivity index (χ3v) is 4.16. The van der Waals surface area contributed by atoms with Crippen LogP contribution >= 0.6 is 0 Å². The monoisotopic (exact) mass is 376 g/mol. The number of carbonyl (C=O) groups is 2. The second-order valence-corrected chi connectivity index (χ2v) is 6.15. The van der Waals surface area contributed by atoms with Gasteiger partial charge >= 0.3 is 0 Å². The topological polar surface area (TPSA) is 85.2 Å². The molecule has 0 heterocycles. The molecule has 6 heteroatoms. The van der Waals surface area contributed by atoms with Crippen molar-refractivity contribution in [3.05, 3.63) is 59.7 Å². The third-order valence-electron chi connectivity index (χ3n) is 4.16. The van der Waals surface area contributed by atoms with E-state index < -0.39 is 5.91 Å². The van der Waals surface area contributed by atoms with Gasteiger partial charge in [0.2, 0.25) is 5.91 Å². The van der Waals surface area contributed by atoms with Gasteiger partial charge in [-0.15, -0.1) is 0 Å². The predicted octanol–water partition coefficient (Wildman–Crippen LogP) is 4.04. The number of hydrogen-bond donors (Lipinski definition) is 2. The molecule has 2 aromatic rings. The van der Waals surface area contributed by atoms with Crippen molar-refractivity contribution in [2.45, 2.75) is 20.8 Å². The zero-order valence-corrected chi connectivity index (χ0v) is 16.3. The molecule has 0 aliphatic heterocycles. The molecule has 0 atom stereocenters. The molecule has 0 saturated carbocycles. The van der Waals surface area contributed by atoms with E-state index in [-0.39, 0.29) is 11.5 Å². The van der Waals surface area contributed by atoms with Gasteiger partial charge in [0, 0.05) is 37.1 Å². The maximum absolute atomic E-state index is 12.4. The van der Waals surface area contributed by atoms with Crippen LogP contribution in [-0.4, -0.2) is 24.9 Å². The summed E-state index contributed by atoms with van der Waals surface area (Å²) in [5.41, 5.74) is 3.07. The van der Waals surface area contributed by atoms with Gasteiger partial charge in [-0.1, -0.05) is 12.1 Å². The maximum atomic E-state index is 12.4. The Bertz CT molecular complexity index is 890. The molecule has 0 radical (unpaired) electrons. The van der Waals surface area contributed by atoms with Crippen LogP contribution < -0.4 is 15.5 Å². The Morgan fingerprint density at radius 2 is 1.50 bits per heavy atom. The summed E-state index contributed by atoms with van der Waals surface area (Å²) in [6.07, 6.45) is 1.56. The molecular formula is C22H24N4O2. The Balaban J connectivity index is 2.10. The molecule has 2 N–H and O–H groups in total. The fourth-order valence-electron chi connectivity index (χ4n) is 2.72. The van der Waals surface area contributed by atoms with Crippen molar-refractivity contribution in [1.82, 2.24) is 0 Å². The zero-order valence-electron chi connectivity index (χ0n) is 16.3. The van der Waals surface area contributed by atoms with E-state index >= 15 is 0 Å². The van der Waals surface area contributed by atoms with Gasteiger partial charge in [-0.25, -0.2) is 0 Å². The van der Waals surface area contributed by atoms with Crippen molar-refractivity contribution < 1.29 is 9.59 Å². The molecule has 0 unspecified atom stereocenters. The number of carbonyl (C=O) groups excluding carboxylic acids is 2. The van der Waals surface area contributed by atoms with E-state index in [0.29, 0.717) is 11.4 Å². The molecule has 28 heavy (non-hydrogen) atoms. The van der Waals surface area contributed by atoms with E-state index in [9.17, 15) is 14.9 Å². The summed E-state index contributed by atoms with van der Waals surface area (Å²) in [5, 5.41) is 14.7. The molecule has 0 saturated heterocycles. The van der Waals surface area contributed by atoms with Gasteiger partial charge in [0.15, 0.2) is 0 Å². The van der Waals surface area contributed by atoms with Crippen LogP contribution in [0.1, 0.15) is 26.3 Å². The number of amides is 2. The first kappa shape index (κ1) is 20.7. The Morgan fingerprint density at radius 3 is 1.96 bits per heavy atom. The molecule has 0 fully saturated rings. The summed E-state index contributed by atoms with van der Waals surface area (Å²) < 4.78 is 0. The normalized spacial score (nSPS) is 10.7. The molecule has 0 spiro atoms. The number of nitriles is 1. The SMILES string of the molecule is CCN(CC)c1ccc(/C=C(\C#N)C(=O)Nc2ccc(NC(C)=O)cc2)cc1. The summed E-state index contributed by atoms with van der Waals surface area (Å²) in [4.78, 5) is 25.7. The molecule has 0 aliphatic carbocycles. The maximum Gasteiger partial charge on any atom is 0.266 e. The summed E-state index contributed by atoms with van der Waals surface area (Å²) in [6.45, 7) is 7.45. The number of rotatable bonds is 7. The van der Waals surface area contributed by atoms with Crippen LogP contribution in [-0.2, 0) is 9.59 Å². The second-order valence-electron chi connectivity index (χ2n) is 6.15. The Hall–Kier alpha value is -3.59. The zero-order chi connectivity index (χ0) is 20.5. The molecule has 2 amide bonds. The van der Waals surface area contributed by atoms with Gasteiger partial charge in [-0.3, -0.25) is 9.59 Å². The van der Waals surface area contributed by atoms with Crippen LogP contribution in [0.4, 0.5) is 17.1 Å². The minimum atomic E-state index is -0.484. The predicted molar refractivity (Wildman–Crippen MR) is 113 cm³/mol. The van der Waals surface area contributed by atoms with E-state index in [2.05, 4.69) is 29.4 Å². The number of anilines is 3. The van der Waals surface area contributed by atoms with Gasteiger partial charge in [0.1, 0.15) is 11.6 Å². The third kappa shape index (κ3) is 5.71. The lowest BCUT2D eigenvalue weighted by molar-refractivity contribution is -0.114. The highest BCUT2D eigenvalue weighted by atomic mass is 16.2. The van der Waals surface area contributed by atoms with Crippen molar-refractivity contribution in [1.29, 1.82) is 5.26 Å². The van der Waals surface area contributed by atoms with Crippen LogP contribution in [0.15, 0.2) is 54.1 Å². The van der Waals surface area contributed by atoms with Crippen molar-refractivity contribution in [3.8, 4) is 6.07 Å².